The summed E-state index contributed by atoms with van der Waals surface area (Å²) >= 11 is 11.1. The average molecular weight is 578 g/mol. The van der Waals surface area contributed by atoms with Crippen LogP contribution in [0.2, 0.25) is 10.6 Å². The molecule has 2 aliphatic heterocycles. The van der Waals surface area contributed by atoms with Crippen LogP contribution in [0.1, 0.15) is 60.7 Å². The summed E-state index contributed by atoms with van der Waals surface area (Å²) in [5, 5.41) is -0.131. The van der Waals surface area contributed by atoms with E-state index in [1.807, 2.05) is 0 Å². The third kappa shape index (κ3) is 11.5. The van der Waals surface area contributed by atoms with Crippen LogP contribution in [0, 0.1) is 11.7 Å². The van der Waals surface area contributed by atoms with E-state index in [1.54, 1.807) is 20.0 Å². The van der Waals surface area contributed by atoms with Gasteiger partial charge in [-0.25, -0.2) is 33.9 Å². The largest absolute Gasteiger partial charge is 0.461 e. The van der Waals surface area contributed by atoms with Crippen molar-refractivity contribution in [2.24, 2.45) is 11.7 Å². The molecule has 0 aliphatic carbocycles. The summed E-state index contributed by atoms with van der Waals surface area (Å²) in [5.74, 6) is -1.73. The molecule has 2 aromatic heterocycles. The van der Waals surface area contributed by atoms with Crippen molar-refractivity contribution in [1.82, 2.24) is 19.9 Å². The van der Waals surface area contributed by atoms with Crippen LogP contribution in [0.15, 0.2) is 12.4 Å². The van der Waals surface area contributed by atoms with Gasteiger partial charge in [0.25, 0.3) is 0 Å². The monoisotopic (exact) mass is 577 g/mol. The third-order valence-electron chi connectivity index (χ3n) is 4.98. The van der Waals surface area contributed by atoms with Crippen molar-refractivity contribution >= 4 is 35.1 Å². The van der Waals surface area contributed by atoms with Crippen molar-refractivity contribution in [2.45, 2.75) is 46.6 Å². The highest BCUT2D eigenvalue weighted by atomic mass is 35.5. The van der Waals surface area contributed by atoms with E-state index < -0.39 is 23.4 Å². The molecular weight excluding hydrogens is 544 g/mol. The second-order valence-corrected chi connectivity index (χ2v) is 8.52. The second kappa shape index (κ2) is 17.9. The molecule has 2 fully saturated rings. The Balaban J connectivity index is 0.000000315. The van der Waals surface area contributed by atoms with Gasteiger partial charge < -0.3 is 24.7 Å². The van der Waals surface area contributed by atoms with E-state index in [4.69, 9.17) is 43.1 Å². The van der Waals surface area contributed by atoms with E-state index in [0.29, 0.717) is 31.6 Å². The zero-order valence-corrected chi connectivity index (χ0v) is 22.1. The molecule has 2 aromatic rings. The molecule has 4 rings (SSSR count). The SMILES string of the molecule is C.CCOC(=O)c1nc(Cl)ncc1CC1CCOC1.CCOC(=O)c1nc(Cl)ncc1F.NC1CCOC1. The van der Waals surface area contributed by atoms with Crippen LogP contribution >= 0.6 is 23.2 Å². The van der Waals surface area contributed by atoms with Crippen molar-refractivity contribution in [3.63, 3.8) is 0 Å². The summed E-state index contributed by atoms with van der Waals surface area (Å²) in [6.07, 6.45) is 5.16. The molecule has 0 radical (unpaired) electrons. The van der Waals surface area contributed by atoms with Crippen LogP contribution in [0.3, 0.4) is 0 Å². The molecule has 212 valence electrons. The molecule has 2 unspecified atom stereocenters. The smallest absolute Gasteiger partial charge is 0.360 e. The van der Waals surface area contributed by atoms with Gasteiger partial charge in [0.15, 0.2) is 17.2 Å². The number of esters is 2. The molecule has 0 amide bonds. The van der Waals surface area contributed by atoms with Gasteiger partial charge >= 0.3 is 11.9 Å². The van der Waals surface area contributed by atoms with Crippen LogP contribution in [0.4, 0.5) is 4.39 Å². The van der Waals surface area contributed by atoms with E-state index in [2.05, 4.69) is 24.7 Å². The zero-order valence-electron chi connectivity index (χ0n) is 20.6. The molecule has 0 saturated carbocycles. The lowest BCUT2D eigenvalue weighted by Crippen LogP contribution is -2.18. The fourth-order valence-electron chi connectivity index (χ4n) is 3.21. The molecular formula is C24H34Cl2FN5O6. The Kier molecular flexibility index (Phi) is 15.8. The van der Waals surface area contributed by atoms with E-state index >= 15 is 0 Å². The first-order chi connectivity index (χ1) is 17.7. The number of nitrogens with two attached hydrogens (primary N) is 1. The van der Waals surface area contributed by atoms with Gasteiger partial charge in [-0.1, -0.05) is 7.43 Å². The van der Waals surface area contributed by atoms with Gasteiger partial charge in [-0.3, -0.25) is 0 Å². The minimum absolute atomic E-state index is 0. The van der Waals surface area contributed by atoms with Crippen LogP contribution in [-0.2, 0) is 25.4 Å². The molecule has 2 saturated heterocycles. The number of rotatable bonds is 6. The first-order valence-corrected chi connectivity index (χ1v) is 12.4. The van der Waals surface area contributed by atoms with Gasteiger partial charge in [0.05, 0.1) is 26.0 Å². The van der Waals surface area contributed by atoms with Crippen molar-refractivity contribution in [1.29, 1.82) is 0 Å². The van der Waals surface area contributed by atoms with E-state index in [-0.39, 0.29) is 30.3 Å². The Bertz CT molecular complexity index is 1020. The van der Waals surface area contributed by atoms with E-state index in [9.17, 15) is 14.0 Å². The highest BCUT2D eigenvalue weighted by Gasteiger charge is 2.22. The summed E-state index contributed by atoms with van der Waals surface area (Å²) in [6.45, 7) is 6.94. The number of carbonyl (C=O) groups excluding carboxylic acids is 2. The van der Waals surface area contributed by atoms with Crippen molar-refractivity contribution < 1.29 is 32.9 Å². The van der Waals surface area contributed by atoms with Gasteiger partial charge in [-0.05, 0) is 62.2 Å². The Morgan fingerprint density at radius 1 is 0.974 bits per heavy atom. The molecule has 14 heteroatoms. The third-order valence-corrected chi connectivity index (χ3v) is 5.35. The van der Waals surface area contributed by atoms with Gasteiger partial charge in [0.2, 0.25) is 10.6 Å². The van der Waals surface area contributed by atoms with Gasteiger partial charge in [-0.15, -0.1) is 0 Å². The van der Waals surface area contributed by atoms with Crippen LogP contribution in [0.25, 0.3) is 0 Å². The molecule has 11 nitrogen and oxygen atoms in total. The summed E-state index contributed by atoms with van der Waals surface area (Å²) in [5.41, 5.74) is 6.01. The highest BCUT2D eigenvalue weighted by Crippen LogP contribution is 2.20. The van der Waals surface area contributed by atoms with Gasteiger partial charge in [-0.2, -0.15) is 0 Å². The maximum absolute atomic E-state index is 12.9. The molecule has 0 aromatic carbocycles. The molecule has 0 spiro atoms. The number of halogens is 3. The summed E-state index contributed by atoms with van der Waals surface area (Å²) in [7, 11) is 0. The molecule has 38 heavy (non-hydrogen) atoms. The Morgan fingerprint density at radius 3 is 2.03 bits per heavy atom. The molecule has 2 atom stereocenters. The maximum atomic E-state index is 12.9. The highest BCUT2D eigenvalue weighted by molar-refractivity contribution is 6.28. The fourth-order valence-corrected chi connectivity index (χ4v) is 3.47. The summed E-state index contributed by atoms with van der Waals surface area (Å²) in [4.78, 5) is 37.4. The fraction of sp³-hybridized carbons (Fsp3) is 0.583. The van der Waals surface area contributed by atoms with Crippen LogP contribution < -0.4 is 5.73 Å². The van der Waals surface area contributed by atoms with Gasteiger partial charge in [0.1, 0.15) is 0 Å². The number of hydrogen-bond donors (Lipinski definition) is 1. The van der Waals surface area contributed by atoms with Crippen LogP contribution in [0.5, 0.6) is 0 Å². The average Bonchev–Trinajstić information content (AvgIpc) is 3.57. The Morgan fingerprint density at radius 2 is 1.53 bits per heavy atom. The lowest BCUT2D eigenvalue weighted by Gasteiger charge is -2.10. The first kappa shape index (κ1) is 33.5. The van der Waals surface area contributed by atoms with E-state index in [0.717, 1.165) is 44.4 Å². The van der Waals surface area contributed by atoms with Crippen LogP contribution in [-0.4, -0.2) is 77.6 Å². The predicted octanol–water partition coefficient (Wildman–Crippen LogP) is 3.70. The van der Waals surface area contributed by atoms with Gasteiger partial charge in [0, 0.05) is 37.6 Å². The number of hydrogen-bond acceptors (Lipinski definition) is 11. The summed E-state index contributed by atoms with van der Waals surface area (Å²) < 4.78 is 32.6. The Hall–Kier alpha value is -2.51. The first-order valence-electron chi connectivity index (χ1n) is 11.7. The Labute approximate surface area is 231 Å². The minimum Gasteiger partial charge on any atom is -0.461 e. The quantitative estimate of drug-likeness (QED) is 0.395. The number of carbonyl (C=O) groups is 2. The molecule has 2 aliphatic rings. The maximum Gasteiger partial charge on any atom is 0.360 e. The predicted molar refractivity (Wildman–Crippen MR) is 139 cm³/mol. The lowest BCUT2D eigenvalue weighted by atomic mass is 9.99. The number of nitrogens with zero attached hydrogens (tertiary/aromatic N) is 4. The van der Waals surface area contributed by atoms with E-state index in [1.165, 1.54) is 0 Å². The molecule has 4 heterocycles. The lowest BCUT2D eigenvalue weighted by molar-refractivity contribution is 0.0505. The normalized spacial score (nSPS) is 17.7. The minimum atomic E-state index is -0.845. The number of ether oxygens (including phenoxy) is 4. The molecule has 2 N–H and O–H groups in total. The van der Waals surface area contributed by atoms with Crippen molar-refractivity contribution in [3.05, 3.63) is 45.7 Å². The second-order valence-electron chi connectivity index (χ2n) is 7.85. The molecule has 0 bridgehead atoms. The zero-order chi connectivity index (χ0) is 27.2. The van der Waals surface area contributed by atoms with Crippen molar-refractivity contribution in [3.8, 4) is 0 Å². The summed E-state index contributed by atoms with van der Waals surface area (Å²) in [6, 6.07) is 0.324. The van der Waals surface area contributed by atoms with Crippen molar-refractivity contribution in [2.75, 3.05) is 39.6 Å². The standard InChI is InChI=1S/C12H15ClN2O3.C7H6ClFN2O2.C4H9NO.CH4/c1-2-18-11(16)10-9(6-14-12(13)15-10)5-8-3-4-17-7-8;1-2-13-6(12)5-4(9)3-10-7(8)11-5;5-4-1-2-6-3-4;/h6,8H,2-5,7H2,1H3;3H,2H2,1H3;4H,1-3,5H2;1H4. The topological polar surface area (TPSA) is 149 Å². The number of aromatic nitrogens is 4.